The number of ether oxygens (including phenoxy) is 2. The van der Waals surface area contributed by atoms with Crippen LogP contribution in [0.3, 0.4) is 0 Å². The summed E-state index contributed by atoms with van der Waals surface area (Å²) in [6.45, 7) is 6.29. The number of morpholine rings is 1. The molecule has 2 atom stereocenters. The second-order valence-corrected chi connectivity index (χ2v) is 6.24. The molecule has 0 amide bonds. The zero-order valence-electron chi connectivity index (χ0n) is 14.0. The quantitative estimate of drug-likeness (QED) is 0.778. The molecule has 0 radical (unpaired) electrons. The molecule has 1 aliphatic rings. The van der Waals surface area contributed by atoms with Crippen molar-refractivity contribution in [1.29, 1.82) is 0 Å². The summed E-state index contributed by atoms with van der Waals surface area (Å²) in [4.78, 5) is 2.21. The first-order valence-electron chi connectivity index (χ1n) is 8.30. The molecular formula is C17H25N3O4. The number of hydrogen-bond acceptors (Lipinski definition) is 6. The molecule has 24 heavy (non-hydrogen) atoms. The van der Waals surface area contributed by atoms with Crippen LogP contribution in [0.1, 0.15) is 11.3 Å². The zero-order chi connectivity index (χ0) is 16.8. The van der Waals surface area contributed by atoms with Crippen LogP contribution in [0.15, 0.2) is 35.2 Å². The molecule has 2 aromatic heterocycles. The maximum atomic E-state index is 10.2. The topological polar surface area (TPSA) is 72.9 Å². The highest BCUT2D eigenvalue weighted by atomic mass is 16.5. The van der Waals surface area contributed by atoms with Crippen LogP contribution in [0.25, 0.3) is 0 Å². The summed E-state index contributed by atoms with van der Waals surface area (Å²) in [6.07, 6.45) is 5.05. The summed E-state index contributed by atoms with van der Waals surface area (Å²) in [7, 11) is 0. The predicted octanol–water partition coefficient (Wildman–Crippen LogP) is 1.06. The summed E-state index contributed by atoms with van der Waals surface area (Å²) in [5.74, 6) is 0.767. The Morgan fingerprint density at radius 3 is 3.17 bits per heavy atom. The molecule has 1 saturated heterocycles. The van der Waals surface area contributed by atoms with E-state index in [0.717, 1.165) is 31.0 Å². The number of aromatic nitrogens is 2. The van der Waals surface area contributed by atoms with Crippen LogP contribution in [0.4, 0.5) is 0 Å². The molecule has 0 saturated carbocycles. The van der Waals surface area contributed by atoms with Crippen molar-refractivity contribution in [2.24, 2.45) is 0 Å². The van der Waals surface area contributed by atoms with E-state index >= 15 is 0 Å². The molecular weight excluding hydrogens is 310 g/mol. The van der Waals surface area contributed by atoms with Crippen molar-refractivity contribution < 1.29 is 19.0 Å². The third-order valence-electron chi connectivity index (χ3n) is 3.98. The van der Waals surface area contributed by atoms with E-state index in [1.807, 2.05) is 36.1 Å². The second kappa shape index (κ2) is 8.43. The van der Waals surface area contributed by atoms with Gasteiger partial charge in [-0.3, -0.25) is 9.58 Å². The zero-order valence-corrected chi connectivity index (χ0v) is 14.0. The molecule has 3 rings (SSSR count). The highest BCUT2D eigenvalue weighted by Gasteiger charge is 2.23. The Bertz CT molecular complexity index is 599. The van der Waals surface area contributed by atoms with E-state index in [4.69, 9.17) is 13.9 Å². The van der Waals surface area contributed by atoms with E-state index in [-0.39, 0.29) is 6.10 Å². The lowest BCUT2D eigenvalue weighted by molar-refractivity contribution is -0.0590. The maximum Gasteiger partial charge on any atom is 0.129 e. The van der Waals surface area contributed by atoms with E-state index in [1.165, 1.54) is 0 Å². The van der Waals surface area contributed by atoms with Crippen LogP contribution < -0.4 is 0 Å². The molecule has 3 heterocycles. The van der Waals surface area contributed by atoms with Crippen molar-refractivity contribution in [3.8, 4) is 0 Å². The number of β-amino-alcohol motifs (C(OH)–C–C–N with tert-alkyl or cyclic N) is 1. The molecule has 0 spiro atoms. The van der Waals surface area contributed by atoms with Gasteiger partial charge in [-0.1, -0.05) is 0 Å². The van der Waals surface area contributed by atoms with Crippen LogP contribution >= 0.6 is 0 Å². The van der Waals surface area contributed by atoms with Crippen LogP contribution in [0, 0.1) is 6.92 Å². The van der Waals surface area contributed by atoms with E-state index < -0.39 is 6.10 Å². The first-order chi connectivity index (χ1) is 11.7. The van der Waals surface area contributed by atoms with Gasteiger partial charge in [0.1, 0.15) is 12.4 Å². The van der Waals surface area contributed by atoms with E-state index in [0.29, 0.717) is 26.4 Å². The normalized spacial score (nSPS) is 20.3. The molecule has 7 heteroatoms. The molecule has 1 fully saturated rings. The Morgan fingerprint density at radius 2 is 2.42 bits per heavy atom. The smallest absolute Gasteiger partial charge is 0.129 e. The molecule has 0 aromatic carbocycles. The van der Waals surface area contributed by atoms with Gasteiger partial charge in [0.2, 0.25) is 0 Å². The predicted molar refractivity (Wildman–Crippen MR) is 87.5 cm³/mol. The van der Waals surface area contributed by atoms with Crippen LogP contribution in [-0.4, -0.2) is 64.8 Å². The van der Waals surface area contributed by atoms with Crippen LogP contribution in [-0.2, 0) is 22.6 Å². The molecule has 0 aliphatic carbocycles. The van der Waals surface area contributed by atoms with Crippen LogP contribution in [0.5, 0.6) is 0 Å². The maximum absolute atomic E-state index is 10.2. The molecule has 1 N–H and O–H groups in total. The van der Waals surface area contributed by atoms with Gasteiger partial charge in [-0.25, -0.2) is 0 Å². The SMILES string of the molecule is Cc1cnn(C[C@H]2CN(C[C@H](O)COCc3ccco3)CCO2)c1. The number of hydrogen-bond donors (Lipinski definition) is 1. The summed E-state index contributed by atoms with van der Waals surface area (Å²) in [6, 6.07) is 3.68. The minimum atomic E-state index is -0.523. The molecule has 132 valence electrons. The molecule has 7 nitrogen and oxygen atoms in total. The van der Waals surface area contributed by atoms with Crippen LogP contribution in [0.2, 0.25) is 0 Å². The number of aliphatic hydroxyl groups excluding tert-OH is 1. The monoisotopic (exact) mass is 335 g/mol. The molecule has 1 aliphatic heterocycles. The average Bonchev–Trinajstić information content (AvgIpc) is 3.20. The Kier molecular flexibility index (Phi) is 6.03. The third-order valence-corrected chi connectivity index (χ3v) is 3.98. The van der Waals surface area contributed by atoms with Crippen molar-refractivity contribution in [2.75, 3.05) is 32.8 Å². The summed E-state index contributed by atoms with van der Waals surface area (Å²) < 4.78 is 18.4. The van der Waals surface area contributed by atoms with Crippen molar-refractivity contribution in [3.05, 3.63) is 42.1 Å². The van der Waals surface area contributed by atoms with Gasteiger partial charge >= 0.3 is 0 Å². The fourth-order valence-electron chi connectivity index (χ4n) is 2.87. The van der Waals surface area contributed by atoms with Gasteiger partial charge in [-0.15, -0.1) is 0 Å². The van der Waals surface area contributed by atoms with Crippen molar-refractivity contribution in [1.82, 2.24) is 14.7 Å². The van der Waals surface area contributed by atoms with E-state index in [9.17, 15) is 5.11 Å². The van der Waals surface area contributed by atoms with Gasteiger partial charge in [-0.05, 0) is 24.6 Å². The summed E-state index contributed by atoms with van der Waals surface area (Å²) >= 11 is 0. The van der Waals surface area contributed by atoms with Gasteiger partial charge in [-0.2, -0.15) is 5.10 Å². The average molecular weight is 335 g/mol. The summed E-state index contributed by atoms with van der Waals surface area (Å²) in [5.41, 5.74) is 1.15. The largest absolute Gasteiger partial charge is 0.467 e. The number of furan rings is 1. The van der Waals surface area contributed by atoms with Crippen molar-refractivity contribution >= 4 is 0 Å². The first-order valence-corrected chi connectivity index (χ1v) is 8.30. The van der Waals surface area contributed by atoms with Crippen molar-refractivity contribution in [3.63, 3.8) is 0 Å². The Labute approximate surface area is 141 Å². The minimum absolute atomic E-state index is 0.0919. The highest BCUT2D eigenvalue weighted by Crippen LogP contribution is 2.09. The molecule has 0 unspecified atom stereocenters. The van der Waals surface area contributed by atoms with Gasteiger partial charge in [0.05, 0.1) is 44.4 Å². The molecule has 2 aromatic rings. The third kappa shape index (κ3) is 5.17. The minimum Gasteiger partial charge on any atom is -0.467 e. The lowest BCUT2D eigenvalue weighted by Crippen LogP contribution is -2.47. The number of aliphatic hydroxyl groups is 1. The highest BCUT2D eigenvalue weighted by molar-refractivity contribution is 4.99. The lowest BCUT2D eigenvalue weighted by Gasteiger charge is -2.33. The van der Waals surface area contributed by atoms with Gasteiger partial charge in [0.15, 0.2) is 0 Å². The number of aryl methyl sites for hydroxylation is 1. The number of nitrogens with zero attached hydrogens (tertiary/aromatic N) is 3. The van der Waals surface area contributed by atoms with Gasteiger partial charge in [0, 0.05) is 25.8 Å². The van der Waals surface area contributed by atoms with Crippen molar-refractivity contribution in [2.45, 2.75) is 32.3 Å². The van der Waals surface area contributed by atoms with Gasteiger partial charge < -0.3 is 19.0 Å². The Hall–Kier alpha value is -1.67. The second-order valence-electron chi connectivity index (χ2n) is 6.24. The fourth-order valence-corrected chi connectivity index (χ4v) is 2.87. The standard InChI is InChI=1S/C17H25N3O4/c1-14-7-18-20(8-14)11-17-10-19(4-6-24-17)9-15(21)12-22-13-16-3-2-5-23-16/h2-3,5,7-8,15,17,21H,4,6,9-13H2,1H3/t15-,17+/m0/s1. The Morgan fingerprint density at radius 1 is 1.50 bits per heavy atom. The summed E-state index contributed by atoms with van der Waals surface area (Å²) in [5, 5.41) is 14.5. The number of rotatable bonds is 8. The van der Waals surface area contributed by atoms with Gasteiger partial charge in [0.25, 0.3) is 0 Å². The first kappa shape index (κ1) is 17.2. The lowest BCUT2D eigenvalue weighted by atomic mass is 10.2. The fraction of sp³-hybridized carbons (Fsp3) is 0.588. The Balaban J connectivity index is 1.38. The van der Waals surface area contributed by atoms with E-state index in [2.05, 4.69) is 10.00 Å². The van der Waals surface area contributed by atoms with E-state index in [1.54, 1.807) is 6.26 Å². The molecule has 0 bridgehead atoms.